The van der Waals surface area contributed by atoms with Gasteiger partial charge in [-0.05, 0) is 61.1 Å². The lowest BCUT2D eigenvalue weighted by Crippen LogP contribution is -2.09. The van der Waals surface area contributed by atoms with Crippen LogP contribution in [0.5, 0.6) is 5.75 Å². The molecule has 0 aliphatic carbocycles. The Balaban J connectivity index is 1.80. The molecule has 3 nitrogen and oxygen atoms in total. The third kappa shape index (κ3) is 10.0. The third-order valence-electron chi connectivity index (χ3n) is 6.82. The van der Waals surface area contributed by atoms with E-state index in [1.54, 1.807) is 19.2 Å². The molecule has 0 radical (unpaired) electrons. The highest BCUT2D eigenvalue weighted by atomic mass is 16.5. The first-order chi connectivity index (χ1) is 16.6. The normalized spacial score (nSPS) is 12.9. The Hall–Kier alpha value is -2.13. The number of carbonyl (C=O) groups is 1. The zero-order chi connectivity index (χ0) is 24.6. The number of esters is 1. The maximum absolute atomic E-state index is 12.5. The highest BCUT2D eigenvalue weighted by Crippen LogP contribution is 2.29. The summed E-state index contributed by atoms with van der Waals surface area (Å²) < 4.78 is 10.9. The Morgan fingerprint density at radius 2 is 1.26 bits per heavy atom. The summed E-state index contributed by atoms with van der Waals surface area (Å²) in [7, 11) is 1.68. The van der Waals surface area contributed by atoms with Crippen molar-refractivity contribution >= 4 is 5.97 Å². The summed E-state index contributed by atoms with van der Waals surface area (Å²) in [5, 5.41) is 0. The summed E-state index contributed by atoms with van der Waals surface area (Å²) in [6.45, 7) is 6.52. The molecule has 188 valence electrons. The molecule has 0 saturated carbocycles. The average molecular weight is 467 g/mol. The first kappa shape index (κ1) is 28.1. The van der Waals surface area contributed by atoms with Crippen LogP contribution in [-0.2, 0) is 4.74 Å². The van der Waals surface area contributed by atoms with Crippen LogP contribution in [0, 0.1) is 0 Å². The molecule has 0 bridgehead atoms. The quantitative estimate of drug-likeness (QED) is 0.132. The number of hydrogen-bond acceptors (Lipinski definition) is 3. The molecule has 2 atom stereocenters. The maximum atomic E-state index is 12.5. The zero-order valence-electron chi connectivity index (χ0n) is 22.0. The van der Waals surface area contributed by atoms with Gasteiger partial charge in [0.05, 0.1) is 11.7 Å². The van der Waals surface area contributed by atoms with Crippen molar-refractivity contribution in [3.8, 4) is 5.75 Å². The van der Waals surface area contributed by atoms with Crippen molar-refractivity contribution in [3.63, 3.8) is 0 Å². The van der Waals surface area contributed by atoms with E-state index in [0.717, 1.165) is 5.56 Å². The molecule has 0 N–H and O–H groups in total. The lowest BCUT2D eigenvalue weighted by molar-refractivity contribution is 0.0734. The van der Waals surface area contributed by atoms with Gasteiger partial charge >= 0.3 is 5.97 Å². The summed E-state index contributed by atoms with van der Waals surface area (Å²) in [6.07, 6.45) is 16.0. The molecule has 0 saturated heterocycles. The van der Waals surface area contributed by atoms with Gasteiger partial charge in [-0.15, -0.1) is 0 Å². The molecule has 2 aromatic carbocycles. The minimum atomic E-state index is -0.329. The van der Waals surface area contributed by atoms with E-state index in [4.69, 9.17) is 9.47 Å². The molecule has 34 heavy (non-hydrogen) atoms. The molecule has 0 aromatic heterocycles. The van der Waals surface area contributed by atoms with Crippen molar-refractivity contribution in [2.24, 2.45) is 0 Å². The van der Waals surface area contributed by atoms with Crippen LogP contribution >= 0.6 is 0 Å². The van der Waals surface area contributed by atoms with E-state index in [1.165, 1.54) is 82.6 Å². The summed E-state index contributed by atoms with van der Waals surface area (Å²) in [5.74, 6) is 0.861. The maximum Gasteiger partial charge on any atom is 0.343 e. The number of ether oxygens (including phenoxy) is 2. The lowest BCUT2D eigenvalue weighted by atomic mass is 9.89. The summed E-state index contributed by atoms with van der Waals surface area (Å²) in [4.78, 5) is 12.5. The van der Waals surface area contributed by atoms with Gasteiger partial charge in [0.1, 0.15) is 5.75 Å². The van der Waals surface area contributed by atoms with Gasteiger partial charge in [-0.3, -0.25) is 0 Å². The van der Waals surface area contributed by atoms with Gasteiger partial charge in [-0.1, -0.05) is 102 Å². The first-order valence-electron chi connectivity index (χ1n) is 13.5. The molecular weight excluding hydrogens is 420 g/mol. The highest BCUT2D eigenvalue weighted by Gasteiger charge is 2.13. The fraction of sp³-hybridized carbons (Fsp3) is 0.581. The van der Waals surface area contributed by atoms with Crippen molar-refractivity contribution in [2.45, 2.75) is 110 Å². The second kappa shape index (κ2) is 16.5. The monoisotopic (exact) mass is 466 g/mol. The predicted octanol–water partition coefficient (Wildman–Crippen LogP) is 9.42. The first-order valence-corrected chi connectivity index (χ1v) is 13.5. The number of methoxy groups -OCH3 is 1. The smallest absolute Gasteiger partial charge is 0.343 e. The van der Waals surface area contributed by atoms with Crippen LogP contribution in [0.1, 0.15) is 131 Å². The second-order valence-corrected chi connectivity index (χ2v) is 9.56. The van der Waals surface area contributed by atoms with Gasteiger partial charge < -0.3 is 9.47 Å². The molecule has 0 heterocycles. The van der Waals surface area contributed by atoms with Crippen LogP contribution < -0.4 is 4.74 Å². The van der Waals surface area contributed by atoms with Crippen LogP contribution in [0.25, 0.3) is 0 Å². The van der Waals surface area contributed by atoms with Crippen molar-refractivity contribution in [3.05, 3.63) is 65.2 Å². The van der Waals surface area contributed by atoms with E-state index in [1.807, 2.05) is 31.2 Å². The summed E-state index contributed by atoms with van der Waals surface area (Å²) in [5.41, 5.74) is 2.95. The van der Waals surface area contributed by atoms with Crippen LogP contribution in [-0.4, -0.2) is 13.1 Å². The third-order valence-corrected chi connectivity index (χ3v) is 6.82. The Bertz CT molecular complexity index is 794. The van der Waals surface area contributed by atoms with E-state index in [2.05, 4.69) is 26.0 Å². The number of unbranched alkanes of at least 4 members (excludes halogenated alkanes) is 8. The molecule has 2 rings (SSSR count). The molecule has 2 unspecified atom stereocenters. The van der Waals surface area contributed by atoms with Gasteiger partial charge in [-0.2, -0.15) is 0 Å². The van der Waals surface area contributed by atoms with Crippen LogP contribution in [0.4, 0.5) is 0 Å². The van der Waals surface area contributed by atoms with E-state index in [9.17, 15) is 4.79 Å². The molecular formula is C31H46O3. The van der Waals surface area contributed by atoms with Crippen molar-refractivity contribution in [1.29, 1.82) is 0 Å². The Morgan fingerprint density at radius 3 is 1.82 bits per heavy atom. The average Bonchev–Trinajstić information content (AvgIpc) is 2.87. The van der Waals surface area contributed by atoms with Crippen molar-refractivity contribution < 1.29 is 14.3 Å². The minimum absolute atomic E-state index is 0.00392. The number of rotatable bonds is 17. The fourth-order valence-electron chi connectivity index (χ4n) is 4.53. The molecule has 3 heteroatoms. The van der Waals surface area contributed by atoms with Gasteiger partial charge in [0.2, 0.25) is 0 Å². The largest absolute Gasteiger partial charge is 0.423 e. The predicted molar refractivity (Wildman–Crippen MR) is 143 cm³/mol. The minimum Gasteiger partial charge on any atom is -0.423 e. The Morgan fingerprint density at radius 1 is 0.706 bits per heavy atom. The van der Waals surface area contributed by atoms with Gasteiger partial charge in [0.15, 0.2) is 0 Å². The molecule has 0 amide bonds. The Kier molecular flexibility index (Phi) is 13.6. The molecule has 0 aliphatic rings. The van der Waals surface area contributed by atoms with Gasteiger partial charge in [-0.25, -0.2) is 4.79 Å². The molecule has 0 spiro atoms. The Labute approximate surface area is 208 Å². The molecule has 0 fully saturated rings. The molecule has 2 aromatic rings. The number of carbonyl (C=O) groups excluding carboxylic acids is 1. The van der Waals surface area contributed by atoms with Crippen LogP contribution in [0.3, 0.4) is 0 Å². The number of hydrogen-bond donors (Lipinski definition) is 0. The number of benzene rings is 2. The zero-order valence-corrected chi connectivity index (χ0v) is 22.0. The summed E-state index contributed by atoms with van der Waals surface area (Å²) in [6, 6.07) is 15.6. The van der Waals surface area contributed by atoms with Crippen molar-refractivity contribution in [2.75, 3.05) is 7.11 Å². The fourth-order valence-corrected chi connectivity index (χ4v) is 4.53. The van der Waals surface area contributed by atoms with E-state index in [-0.39, 0.29) is 12.1 Å². The summed E-state index contributed by atoms with van der Waals surface area (Å²) >= 11 is 0. The molecule has 0 aliphatic heterocycles. The SMILES string of the molecule is CCCCCCCCCCCC(CCC)c1ccc(OC(=O)c2ccc(C(C)OC)cc2)cc1. The van der Waals surface area contributed by atoms with Crippen LogP contribution in [0.15, 0.2) is 48.5 Å². The standard InChI is InChI=1S/C31H46O3/c1-5-7-8-9-10-11-12-13-14-16-27(15-6-2)28-21-23-30(24-22-28)34-31(32)29-19-17-26(18-20-29)25(3)33-4/h17-25,27H,5-16H2,1-4H3. The van der Waals surface area contributed by atoms with E-state index >= 15 is 0 Å². The lowest BCUT2D eigenvalue weighted by Gasteiger charge is -2.17. The van der Waals surface area contributed by atoms with Gasteiger partial charge in [0, 0.05) is 7.11 Å². The van der Waals surface area contributed by atoms with Gasteiger partial charge in [0.25, 0.3) is 0 Å². The van der Waals surface area contributed by atoms with E-state index in [0.29, 0.717) is 17.2 Å². The topological polar surface area (TPSA) is 35.5 Å². The van der Waals surface area contributed by atoms with Crippen molar-refractivity contribution in [1.82, 2.24) is 0 Å². The van der Waals surface area contributed by atoms with E-state index < -0.39 is 0 Å². The highest BCUT2D eigenvalue weighted by molar-refractivity contribution is 5.91. The second-order valence-electron chi connectivity index (χ2n) is 9.56. The van der Waals surface area contributed by atoms with Crippen LogP contribution in [0.2, 0.25) is 0 Å².